The number of sulfone groups is 1. The summed E-state index contributed by atoms with van der Waals surface area (Å²) in [5, 5.41) is 5.44. The highest BCUT2D eigenvalue weighted by molar-refractivity contribution is 7.90. The first kappa shape index (κ1) is 17.3. The smallest absolute Gasteiger partial charge is 0.319 e. The number of benzene rings is 1. The number of anilines is 1. The quantitative estimate of drug-likeness (QED) is 0.805. The van der Waals surface area contributed by atoms with Gasteiger partial charge in [0.1, 0.15) is 12.4 Å². The lowest BCUT2D eigenvalue weighted by molar-refractivity contribution is 0.251. The van der Waals surface area contributed by atoms with E-state index in [-0.39, 0.29) is 18.4 Å². The summed E-state index contributed by atoms with van der Waals surface area (Å²) in [6, 6.07) is 6.54. The molecule has 0 aliphatic heterocycles. The SMILES string of the molecule is CC(C)CNC(=O)Nc1cccc(OCCS(C)(=O)=O)c1. The Morgan fingerprint density at radius 2 is 2.05 bits per heavy atom. The number of carbonyl (C=O) groups is 1. The molecule has 0 radical (unpaired) electrons. The summed E-state index contributed by atoms with van der Waals surface area (Å²) in [4.78, 5) is 11.6. The lowest BCUT2D eigenvalue weighted by Gasteiger charge is -2.11. The summed E-state index contributed by atoms with van der Waals surface area (Å²) >= 11 is 0. The van der Waals surface area contributed by atoms with Crippen molar-refractivity contribution in [3.8, 4) is 5.75 Å². The number of ether oxygens (including phenoxy) is 1. The van der Waals surface area contributed by atoms with Crippen molar-refractivity contribution < 1.29 is 17.9 Å². The second-order valence-electron chi connectivity index (χ2n) is 5.24. The van der Waals surface area contributed by atoms with Gasteiger partial charge in [0.2, 0.25) is 0 Å². The fourth-order valence-electron chi connectivity index (χ4n) is 1.45. The molecule has 0 spiro atoms. The number of urea groups is 1. The van der Waals surface area contributed by atoms with Gasteiger partial charge in [0, 0.05) is 24.6 Å². The number of rotatable bonds is 7. The monoisotopic (exact) mass is 314 g/mol. The Kier molecular flexibility index (Phi) is 6.48. The average molecular weight is 314 g/mol. The normalized spacial score (nSPS) is 11.2. The van der Waals surface area contributed by atoms with Crippen LogP contribution in [0, 0.1) is 5.92 Å². The van der Waals surface area contributed by atoms with Gasteiger partial charge >= 0.3 is 6.03 Å². The minimum Gasteiger partial charge on any atom is -0.492 e. The first-order chi connectivity index (χ1) is 9.76. The predicted octanol–water partition coefficient (Wildman–Crippen LogP) is 1.89. The Labute approximate surface area is 125 Å². The minimum atomic E-state index is -3.04. The minimum absolute atomic E-state index is 0.0421. The number of hydrogen-bond donors (Lipinski definition) is 2. The lowest BCUT2D eigenvalue weighted by Crippen LogP contribution is -2.31. The van der Waals surface area contributed by atoms with Crippen molar-refractivity contribution in [2.45, 2.75) is 13.8 Å². The highest BCUT2D eigenvalue weighted by Gasteiger charge is 2.05. The molecule has 1 rings (SSSR count). The van der Waals surface area contributed by atoms with E-state index in [1.807, 2.05) is 13.8 Å². The van der Waals surface area contributed by atoms with Crippen LogP contribution in [0.5, 0.6) is 5.75 Å². The molecule has 0 aliphatic rings. The molecular weight excluding hydrogens is 292 g/mol. The summed E-state index contributed by atoms with van der Waals surface area (Å²) in [6.45, 7) is 4.70. The van der Waals surface area contributed by atoms with Crippen molar-refractivity contribution in [3.63, 3.8) is 0 Å². The first-order valence-corrected chi connectivity index (χ1v) is 8.78. The molecule has 0 saturated heterocycles. The van der Waals surface area contributed by atoms with Crippen molar-refractivity contribution in [3.05, 3.63) is 24.3 Å². The van der Waals surface area contributed by atoms with Crippen LogP contribution in [0.25, 0.3) is 0 Å². The van der Waals surface area contributed by atoms with Crippen LogP contribution in [-0.2, 0) is 9.84 Å². The molecule has 21 heavy (non-hydrogen) atoms. The van der Waals surface area contributed by atoms with Crippen molar-refractivity contribution in [1.29, 1.82) is 0 Å². The summed E-state index contributed by atoms with van der Waals surface area (Å²) in [5.41, 5.74) is 0.591. The maximum absolute atomic E-state index is 11.6. The van der Waals surface area contributed by atoms with E-state index in [0.717, 1.165) is 6.26 Å². The van der Waals surface area contributed by atoms with Gasteiger partial charge < -0.3 is 15.4 Å². The van der Waals surface area contributed by atoms with Crippen LogP contribution in [0.3, 0.4) is 0 Å². The molecule has 0 aromatic heterocycles. The molecular formula is C14H22N2O4S. The van der Waals surface area contributed by atoms with E-state index < -0.39 is 9.84 Å². The molecule has 0 heterocycles. The molecule has 2 N–H and O–H groups in total. The van der Waals surface area contributed by atoms with Gasteiger partial charge in [-0.25, -0.2) is 13.2 Å². The van der Waals surface area contributed by atoms with E-state index in [4.69, 9.17) is 4.74 Å². The Bertz CT molecular complexity index is 570. The van der Waals surface area contributed by atoms with Crippen LogP contribution in [-0.4, -0.2) is 39.6 Å². The van der Waals surface area contributed by atoms with E-state index in [9.17, 15) is 13.2 Å². The Hall–Kier alpha value is -1.76. The van der Waals surface area contributed by atoms with E-state index in [2.05, 4.69) is 10.6 Å². The zero-order chi connectivity index (χ0) is 15.9. The molecule has 0 saturated carbocycles. The van der Waals surface area contributed by atoms with Gasteiger partial charge in [0.25, 0.3) is 0 Å². The van der Waals surface area contributed by atoms with Gasteiger partial charge in [-0.2, -0.15) is 0 Å². The first-order valence-electron chi connectivity index (χ1n) is 6.72. The molecule has 2 amide bonds. The predicted molar refractivity (Wildman–Crippen MR) is 83.5 cm³/mol. The molecule has 1 aromatic rings. The molecule has 0 aliphatic carbocycles. The Morgan fingerprint density at radius 1 is 1.33 bits per heavy atom. The van der Waals surface area contributed by atoms with Gasteiger partial charge in [0.05, 0.1) is 5.75 Å². The number of amides is 2. The summed E-state index contributed by atoms with van der Waals surface area (Å²) in [6.07, 6.45) is 1.16. The number of carbonyl (C=O) groups excluding carboxylic acids is 1. The maximum Gasteiger partial charge on any atom is 0.319 e. The second kappa shape index (κ2) is 7.87. The van der Waals surface area contributed by atoms with Crippen LogP contribution < -0.4 is 15.4 Å². The fourth-order valence-corrected chi connectivity index (χ4v) is 1.83. The summed E-state index contributed by atoms with van der Waals surface area (Å²) < 4.78 is 27.4. The molecule has 0 unspecified atom stereocenters. The van der Waals surface area contributed by atoms with Crippen LogP contribution in [0.2, 0.25) is 0 Å². The second-order valence-corrected chi connectivity index (χ2v) is 7.49. The molecule has 0 atom stereocenters. The van der Waals surface area contributed by atoms with Crippen LogP contribution >= 0.6 is 0 Å². The number of hydrogen-bond acceptors (Lipinski definition) is 4. The highest BCUT2D eigenvalue weighted by atomic mass is 32.2. The van der Waals surface area contributed by atoms with E-state index in [0.29, 0.717) is 23.9 Å². The van der Waals surface area contributed by atoms with Crippen LogP contribution in [0.4, 0.5) is 10.5 Å². The van der Waals surface area contributed by atoms with E-state index in [1.54, 1.807) is 24.3 Å². The largest absolute Gasteiger partial charge is 0.492 e. The van der Waals surface area contributed by atoms with Crippen molar-refractivity contribution >= 4 is 21.6 Å². The topological polar surface area (TPSA) is 84.5 Å². The third kappa shape index (κ3) is 8.19. The van der Waals surface area contributed by atoms with Crippen LogP contribution in [0.1, 0.15) is 13.8 Å². The maximum atomic E-state index is 11.6. The lowest BCUT2D eigenvalue weighted by atomic mass is 10.2. The molecule has 118 valence electrons. The van der Waals surface area contributed by atoms with E-state index in [1.165, 1.54) is 0 Å². The van der Waals surface area contributed by atoms with Gasteiger partial charge in [-0.3, -0.25) is 0 Å². The van der Waals surface area contributed by atoms with Crippen molar-refractivity contribution in [2.24, 2.45) is 5.92 Å². The number of nitrogens with one attached hydrogen (secondary N) is 2. The molecule has 0 bridgehead atoms. The molecule has 1 aromatic carbocycles. The van der Waals surface area contributed by atoms with Gasteiger partial charge in [-0.15, -0.1) is 0 Å². The zero-order valence-corrected chi connectivity index (χ0v) is 13.4. The Morgan fingerprint density at radius 3 is 2.67 bits per heavy atom. The average Bonchev–Trinajstić information content (AvgIpc) is 2.35. The van der Waals surface area contributed by atoms with Gasteiger partial charge in [-0.05, 0) is 18.1 Å². The zero-order valence-electron chi connectivity index (χ0n) is 12.5. The standard InChI is InChI=1S/C14H22N2O4S/c1-11(2)10-15-14(17)16-12-5-4-6-13(9-12)20-7-8-21(3,18)19/h4-6,9,11H,7-8,10H2,1-3H3,(H2,15,16,17). The fraction of sp³-hybridized carbons (Fsp3) is 0.500. The van der Waals surface area contributed by atoms with Gasteiger partial charge in [-0.1, -0.05) is 19.9 Å². The molecule has 6 nitrogen and oxygen atoms in total. The summed E-state index contributed by atoms with van der Waals surface area (Å²) in [7, 11) is -3.04. The molecule has 7 heteroatoms. The summed E-state index contributed by atoms with van der Waals surface area (Å²) in [5.74, 6) is 0.848. The van der Waals surface area contributed by atoms with E-state index >= 15 is 0 Å². The molecule has 0 fully saturated rings. The third-order valence-corrected chi connectivity index (χ3v) is 3.39. The van der Waals surface area contributed by atoms with Crippen molar-refractivity contribution in [1.82, 2.24) is 5.32 Å². The highest BCUT2D eigenvalue weighted by Crippen LogP contribution is 2.17. The van der Waals surface area contributed by atoms with Crippen LogP contribution in [0.15, 0.2) is 24.3 Å². The Balaban J connectivity index is 2.50. The van der Waals surface area contributed by atoms with Gasteiger partial charge in [0.15, 0.2) is 9.84 Å². The third-order valence-electron chi connectivity index (χ3n) is 2.49. The van der Waals surface area contributed by atoms with Crippen molar-refractivity contribution in [2.75, 3.05) is 30.5 Å².